The van der Waals surface area contributed by atoms with Crippen molar-refractivity contribution in [2.45, 2.75) is 0 Å². The number of amides is 1. The van der Waals surface area contributed by atoms with Crippen LogP contribution in [0.15, 0.2) is 34.8 Å². The Kier molecular flexibility index (Phi) is 4.81. The van der Waals surface area contributed by atoms with E-state index < -0.39 is 5.91 Å². The minimum atomic E-state index is -0.412. The summed E-state index contributed by atoms with van der Waals surface area (Å²) in [6.07, 6.45) is 0. The lowest BCUT2D eigenvalue weighted by Gasteiger charge is -2.11. The Morgan fingerprint density at radius 2 is 1.70 bits per heavy atom. The van der Waals surface area contributed by atoms with Gasteiger partial charge in [0.05, 0.1) is 21.3 Å². The lowest BCUT2D eigenvalue weighted by atomic mass is 10.1. The normalized spacial score (nSPS) is 10.4. The molecule has 104 valence electrons. The van der Waals surface area contributed by atoms with E-state index in [9.17, 15) is 4.79 Å². The molecular formula is C13H8BrCl3N2O. The number of hydrogen-bond donors (Lipinski definition) is 2. The number of carbonyl (C=O) groups is 1. The topological polar surface area (TPSA) is 55.1 Å². The van der Waals surface area contributed by atoms with Crippen LogP contribution in [0.3, 0.4) is 0 Å². The summed E-state index contributed by atoms with van der Waals surface area (Å²) in [7, 11) is 0. The molecule has 0 aliphatic carbocycles. The third-order valence-corrected chi connectivity index (χ3v) is 3.79. The van der Waals surface area contributed by atoms with Gasteiger partial charge in [-0.2, -0.15) is 0 Å². The molecule has 0 saturated carbocycles. The van der Waals surface area contributed by atoms with Crippen LogP contribution < -0.4 is 11.1 Å². The van der Waals surface area contributed by atoms with E-state index in [1.54, 1.807) is 18.2 Å². The summed E-state index contributed by atoms with van der Waals surface area (Å²) in [5.74, 6) is -0.412. The van der Waals surface area contributed by atoms with Gasteiger partial charge in [0, 0.05) is 15.2 Å². The number of anilines is 2. The lowest BCUT2D eigenvalue weighted by Crippen LogP contribution is -2.14. The molecule has 0 bridgehead atoms. The van der Waals surface area contributed by atoms with Crippen molar-refractivity contribution >= 4 is 68.0 Å². The molecule has 0 fully saturated rings. The Labute approximate surface area is 139 Å². The van der Waals surface area contributed by atoms with Crippen molar-refractivity contribution in [1.82, 2.24) is 0 Å². The molecule has 0 unspecified atom stereocenters. The van der Waals surface area contributed by atoms with Crippen LogP contribution in [0.5, 0.6) is 0 Å². The fraction of sp³-hybridized carbons (Fsp3) is 0. The largest absolute Gasteiger partial charge is 0.398 e. The van der Waals surface area contributed by atoms with Crippen molar-refractivity contribution in [2.75, 3.05) is 11.1 Å². The Morgan fingerprint density at radius 3 is 2.25 bits per heavy atom. The molecule has 20 heavy (non-hydrogen) atoms. The van der Waals surface area contributed by atoms with E-state index in [2.05, 4.69) is 21.2 Å². The van der Waals surface area contributed by atoms with E-state index in [1.807, 2.05) is 0 Å². The van der Waals surface area contributed by atoms with E-state index in [0.29, 0.717) is 26.3 Å². The van der Waals surface area contributed by atoms with E-state index >= 15 is 0 Å². The van der Waals surface area contributed by atoms with Gasteiger partial charge in [0.15, 0.2) is 0 Å². The first kappa shape index (κ1) is 15.4. The second kappa shape index (κ2) is 6.22. The molecule has 2 aromatic rings. The van der Waals surface area contributed by atoms with Gasteiger partial charge in [-0.05, 0) is 30.3 Å². The Bertz CT molecular complexity index is 668. The van der Waals surface area contributed by atoms with Gasteiger partial charge in [-0.25, -0.2) is 0 Å². The van der Waals surface area contributed by atoms with Crippen molar-refractivity contribution in [1.29, 1.82) is 0 Å². The van der Waals surface area contributed by atoms with Crippen molar-refractivity contribution in [2.24, 2.45) is 0 Å². The zero-order valence-electron chi connectivity index (χ0n) is 9.88. The molecule has 2 rings (SSSR count). The highest BCUT2D eigenvalue weighted by molar-refractivity contribution is 9.10. The highest BCUT2D eigenvalue weighted by Gasteiger charge is 2.14. The van der Waals surface area contributed by atoms with Gasteiger partial charge in [0.1, 0.15) is 0 Å². The molecular weight excluding hydrogens is 386 g/mol. The van der Waals surface area contributed by atoms with Gasteiger partial charge in [0.2, 0.25) is 0 Å². The predicted octanol–water partition coefficient (Wildman–Crippen LogP) is 5.24. The molecule has 3 N–H and O–H groups in total. The molecule has 0 spiro atoms. The summed E-state index contributed by atoms with van der Waals surface area (Å²) >= 11 is 21.2. The van der Waals surface area contributed by atoms with Crippen LogP contribution >= 0.6 is 50.7 Å². The lowest BCUT2D eigenvalue weighted by molar-refractivity contribution is 0.102. The van der Waals surface area contributed by atoms with Crippen molar-refractivity contribution in [3.63, 3.8) is 0 Å². The van der Waals surface area contributed by atoms with Gasteiger partial charge in [-0.3, -0.25) is 4.79 Å². The summed E-state index contributed by atoms with van der Waals surface area (Å²) in [5.41, 5.74) is 6.66. The Balaban J connectivity index is 2.33. The summed E-state index contributed by atoms with van der Waals surface area (Å²) in [6.45, 7) is 0. The van der Waals surface area contributed by atoms with Crippen molar-refractivity contribution < 1.29 is 4.79 Å². The molecule has 0 saturated heterocycles. The second-order valence-corrected chi connectivity index (χ2v) is 6.10. The number of halogens is 4. The van der Waals surface area contributed by atoms with Gasteiger partial charge in [-0.1, -0.05) is 50.7 Å². The minimum absolute atomic E-state index is 0.277. The van der Waals surface area contributed by atoms with E-state index in [0.717, 1.165) is 4.47 Å². The molecule has 0 atom stereocenters. The molecule has 0 aliphatic rings. The number of carbonyl (C=O) groups excluding carboxylic acids is 1. The first-order valence-corrected chi connectivity index (χ1v) is 7.32. The van der Waals surface area contributed by atoms with E-state index in [1.165, 1.54) is 12.1 Å². The van der Waals surface area contributed by atoms with E-state index in [-0.39, 0.29) is 5.69 Å². The van der Waals surface area contributed by atoms with E-state index in [4.69, 9.17) is 40.5 Å². The molecule has 0 radical (unpaired) electrons. The quantitative estimate of drug-likeness (QED) is 0.684. The van der Waals surface area contributed by atoms with Crippen LogP contribution in [0.25, 0.3) is 0 Å². The molecule has 2 aromatic carbocycles. The van der Waals surface area contributed by atoms with Crippen LogP contribution in [-0.4, -0.2) is 5.91 Å². The third kappa shape index (κ3) is 3.38. The summed E-state index contributed by atoms with van der Waals surface area (Å²) in [5, 5.41) is 3.74. The third-order valence-electron chi connectivity index (χ3n) is 2.50. The fourth-order valence-electron chi connectivity index (χ4n) is 1.58. The maximum atomic E-state index is 12.2. The first-order chi connectivity index (χ1) is 9.38. The Morgan fingerprint density at radius 1 is 1.10 bits per heavy atom. The Hall–Kier alpha value is -0.940. The molecule has 1 amide bonds. The monoisotopic (exact) mass is 392 g/mol. The fourth-order valence-corrected chi connectivity index (χ4v) is 3.07. The van der Waals surface area contributed by atoms with Gasteiger partial charge < -0.3 is 11.1 Å². The van der Waals surface area contributed by atoms with Gasteiger partial charge >= 0.3 is 0 Å². The van der Waals surface area contributed by atoms with Crippen molar-refractivity contribution in [3.8, 4) is 0 Å². The van der Waals surface area contributed by atoms with Crippen LogP contribution in [0.2, 0.25) is 15.1 Å². The van der Waals surface area contributed by atoms with Crippen LogP contribution in [0.1, 0.15) is 10.4 Å². The number of hydrogen-bond acceptors (Lipinski definition) is 2. The average Bonchev–Trinajstić information content (AvgIpc) is 2.33. The molecule has 0 heterocycles. The van der Waals surface area contributed by atoms with Crippen LogP contribution in [0, 0.1) is 0 Å². The average molecular weight is 394 g/mol. The SMILES string of the molecule is Nc1cc(Cl)ccc1C(=O)Nc1c(Cl)cc(Br)cc1Cl. The number of nitrogens with two attached hydrogens (primary N) is 1. The summed E-state index contributed by atoms with van der Waals surface area (Å²) < 4.78 is 0.719. The predicted molar refractivity (Wildman–Crippen MR) is 88.0 cm³/mol. The molecule has 0 aliphatic heterocycles. The van der Waals surface area contributed by atoms with Crippen molar-refractivity contribution in [3.05, 3.63) is 55.4 Å². The summed E-state index contributed by atoms with van der Waals surface area (Å²) in [4.78, 5) is 12.2. The maximum absolute atomic E-state index is 12.2. The minimum Gasteiger partial charge on any atom is -0.398 e. The number of benzene rings is 2. The van der Waals surface area contributed by atoms with Crippen LogP contribution in [0.4, 0.5) is 11.4 Å². The van der Waals surface area contributed by atoms with Crippen LogP contribution in [-0.2, 0) is 0 Å². The maximum Gasteiger partial charge on any atom is 0.257 e. The smallest absolute Gasteiger partial charge is 0.257 e. The molecule has 3 nitrogen and oxygen atoms in total. The molecule has 7 heteroatoms. The number of rotatable bonds is 2. The zero-order chi connectivity index (χ0) is 14.9. The zero-order valence-corrected chi connectivity index (χ0v) is 13.7. The second-order valence-electron chi connectivity index (χ2n) is 3.93. The highest BCUT2D eigenvalue weighted by atomic mass is 79.9. The molecule has 0 aromatic heterocycles. The van der Waals surface area contributed by atoms with Gasteiger partial charge in [-0.15, -0.1) is 0 Å². The highest BCUT2D eigenvalue weighted by Crippen LogP contribution is 2.34. The first-order valence-electron chi connectivity index (χ1n) is 5.39. The number of nitrogen functional groups attached to an aromatic ring is 1. The standard InChI is InChI=1S/C13H8BrCl3N2O/c14-6-3-9(16)12(10(17)4-6)19-13(20)8-2-1-7(15)5-11(8)18/h1-5H,18H2,(H,19,20). The number of nitrogens with one attached hydrogen (secondary N) is 1. The van der Waals surface area contributed by atoms with Gasteiger partial charge in [0.25, 0.3) is 5.91 Å². The summed E-state index contributed by atoms with van der Waals surface area (Å²) in [6, 6.07) is 7.88.